The maximum absolute atomic E-state index is 4.10. The zero-order valence-electron chi connectivity index (χ0n) is 7.90. The third-order valence-corrected chi connectivity index (χ3v) is 2.11. The Balaban J connectivity index is 2.25. The Morgan fingerprint density at radius 3 is 2.83 bits per heavy atom. The predicted molar refractivity (Wildman–Crippen MR) is 48.9 cm³/mol. The number of hydrogen-bond donors (Lipinski definition) is 0. The van der Waals surface area contributed by atoms with Crippen LogP contribution in [0.2, 0.25) is 0 Å². The molecule has 0 aliphatic rings. The lowest BCUT2D eigenvalue weighted by Gasteiger charge is -2.09. The summed E-state index contributed by atoms with van der Waals surface area (Å²) in [6.45, 7) is 4.41. The van der Waals surface area contributed by atoms with Crippen LogP contribution in [0.25, 0.3) is 0 Å². The van der Waals surface area contributed by atoms with Crippen molar-refractivity contribution in [2.75, 3.05) is 0 Å². The van der Waals surface area contributed by atoms with E-state index in [1.165, 1.54) is 25.7 Å². The molecule has 12 heavy (non-hydrogen) atoms. The van der Waals surface area contributed by atoms with Gasteiger partial charge < -0.3 is 0 Å². The van der Waals surface area contributed by atoms with Gasteiger partial charge in [0.1, 0.15) is 12.7 Å². The zero-order valence-corrected chi connectivity index (χ0v) is 7.90. The molecule has 1 aromatic heterocycles. The van der Waals surface area contributed by atoms with E-state index in [9.17, 15) is 0 Å². The van der Waals surface area contributed by atoms with E-state index in [4.69, 9.17) is 0 Å². The number of hydrogen-bond acceptors (Lipinski definition) is 2. The van der Waals surface area contributed by atoms with Crippen molar-refractivity contribution in [3.63, 3.8) is 0 Å². The number of nitrogens with zero attached hydrogens (tertiary/aromatic N) is 3. The predicted octanol–water partition coefficient (Wildman–Crippen LogP) is 2.42. The van der Waals surface area contributed by atoms with Crippen LogP contribution in [0.15, 0.2) is 12.7 Å². The highest BCUT2D eigenvalue weighted by Crippen LogP contribution is 2.12. The second-order valence-electron chi connectivity index (χ2n) is 3.22. The Morgan fingerprint density at radius 2 is 2.25 bits per heavy atom. The van der Waals surface area contributed by atoms with Gasteiger partial charge in [-0.1, -0.05) is 26.2 Å². The first kappa shape index (κ1) is 9.23. The van der Waals surface area contributed by atoms with Crippen molar-refractivity contribution in [2.45, 2.75) is 45.6 Å². The smallest absolute Gasteiger partial charge is 0.137 e. The fourth-order valence-electron chi connectivity index (χ4n) is 1.27. The van der Waals surface area contributed by atoms with Crippen molar-refractivity contribution in [1.29, 1.82) is 0 Å². The molecule has 0 saturated heterocycles. The van der Waals surface area contributed by atoms with E-state index in [2.05, 4.69) is 23.9 Å². The topological polar surface area (TPSA) is 30.7 Å². The molecule has 1 heterocycles. The van der Waals surface area contributed by atoms with E-state index in [-0.39, 0.29) is 0 Å². The molecule has 0 aromatic carbocycles. The van der Waals surface area contributed by atoms with Gasteiger partial charge in [0.15, 0.2) is 0 Å². The second-order valence-corrected chi connectivity index (χ2v) is 3.22. The average molecular weight is 167 g/mol. The lowest BCUT2D eigenvalue weighted by Crippen LogP contribution is -2.05. The molecule has 1 atom stereocenters. The molecule has 0 fully saturated rings. The summed E-state index contributed by atoms with van der Waals surface area (Å²) in [5, 5.41) is 4.10. The van der Waals surface area contributed by atoms with Crippen molar-refractivity contribution in [1.82, 2.24) is 14.8 Å². The van der Waals surface area contributed by atoms with Gasteiger partial charge in [0, 0.05) is 0 Å². The highest BCUT2D eigenvalue weighted by Gasteiger charge is 2.02. The number of rotatable bonds is 5. The molecule has 0 aliphatic carbocycles. The summed E-state index contributed by atoms with van der Waals surface area (Å²) in [5.74, 6) is 0. The summed E-state index contributed by atoms with van der Waals surface area (Å²) < 4.78 is 1.93. The van der Waals surface area contributed by atoms with Crippen LogP contribution < -0.4 is 0 Å². The van der Waals surface area contributed by atoms with Crippen LogP contribution in [-0.4, -0.2) is 14.8 Å². The fraction of sp³-hybridized carbons (Fsp3) is 0.778. The van der Waals surface area contributed by atoms with E-state index < -0.39 is 0 Å². The minimum Gasteiger partial charge on any atom is -0.250 e. The van der Waals surface area contributed by atoms with Crippen LogP contribution in [-0.2, 0) is 0 Å². The SMILES string of the molecule is CCCCCC(C)n1cncn1. The summed E-state index contributed by atoms with van der Waals surface area (Å²) in [5.41, 5.74) is 0. The van der Waals surface area contributed by atoms with Gasteiger partial charge >= 0.3 is 0 Å². The van der Waals surface area contributed by atoms with Crippen LogP contribution in [0, 0.1) is 0 Å². The molecular weight excluding hydrogens is 150 g/mol. The zero-order chi connectivity index (χ0) is 8.81. The van der Waals surface area contributed by atoms with E-state index in [0.29, 0.717) is 6.04 Å². The van der Waals surface area contributed by atoms with Crippen molar-refractivity contribution < 1.29 is 0 Å². The van der Waals surface area contributed by atoms with Crippen LogP contribution in [0.4, 0.5) is 0 Å². The lowest BCUT2D eigenvalue weighted by atomic mass is 10.1. The lowest BCUT2D eigenvalue weighted by molar-refractivity contribution is 0.437. The summed E-state index contributed by atoms with van der Waals surface area (Å²) in [4.78, 5) is 3.92. The van der Waals surface area contributed by atoms with Gasteiger partial charge in [-0.15, -0.1) is 0 Å². The van der Waals surface area contributed by atoms with Crippen molar-refractivity contribution in [2.24, 2.45) is 0 Å². The molecule has 0 spiro atoms. The third-order valence-electron chi connectivity index (χ3n) is 2.11. The molecule has 0 aliphatic heterocycles. The van der Waals surface area contributed by atoms with Crippen molar-refractivity contribution in [3.8, 4) is 0 Å². The van der Waals surface area contributed by atoms with Gasteiger partial charge in [-0.05, 0) is 13.3 Å². The second kappa shape index (κ2) is 4.91. The van der Waals surface area contributed by atoms with E-state index in [1.807, 2.05) is 4.68 Å². The third kappa shape index (κ3) is 2.64. The highest BCUT2D eigenvalue weighted by molar-refractivity contribution is 4.64. The Labute approximate surface area is 73.8 Å². The van der Waals surface area contributed by atoms with Crippen LogP contribution in [0.5, 0.6) is 0 Å². The van der Waals surface area contributed by atoms with Gasteiger partial charge in [0.25, 0.3) is 0 Å². The van der Waals surface area contributed by atoms with Gasteiger partial charge in [-0.25, -0.2) is 4.98 Å². The summed E-state index contributed by atoms with van der Waals surface area (Å²) >= 11 is 0. The average Bonchev–Trinajstić information content (AvgIpc) is 2.56. The molecule has 68 valence electrons. The summed E-state index contributed by atoms with van der Waals surface area (Å²) in [7, 11) is 0. The monoisotopic (exact) mass is 167 g/mol. The first-order valence-electron chi connectivity index (χ1n) is 4.68. The molecule has 0 bridgehead atoms. The van der Waals surface area contributed by atoms with Crippen molar-refractivity contribution >= 4 is 0 Å². The van der Waals surface area contributed by atoms with Gasteiger partial charge in [-0.3, -0.25) is 4.68 Å². The maximum Gasteiger partial charge on any atom is 0.137 e. The van der Waals surface area contributed by atoms with Gasteiger partial charge in [-0.2, -0.15) is 5.10 Å². The van der Waals surface area contributed by atoms with Crippen molar-refractivity contribution in [3.05, 3.63) is 12.7 Å². The standard InChI is InChI=1S/C9H17N3/c1-3-4-5-6-9(2)12-8-10-7-11-12/h7-9H,3-6H2,1-2H3. The van der Waals surface area contributed by atoms with E-state index in [1.54, 1.807) is 12.7 Å². The molecule has 0 radical (unpaired) electrons. The van der Waals surface area contributed by atoms with Crippen LogP contribution in [0.3, 0.4) is 0 Å². The minimum absolute atomic E-state index is 0.499. The molecule has 3 nitrogen and oxygen atoms in total. The molecule has 3 heteroatoms. The Kier molecular flexibility index (Phi) is 3.77. The summed E-state index contributed by atoms with van der Waals surface area (Å²) in [6, 6.07) is 0.499. The van der Waals surface area contributed by atoms with Gasteiger partial charge in [0.2, 0.25) is 0 Å². The quantitative estimate of drug-likeness (QED) is 0.630. The first-order valence-corrected chi connectivity index (χ1v) is 4.68. The number of aromatic nitrogens is 3. The van der Waals surface area contributed by atoms with E-state index in [0.717, 1.165) is 0 Å². The van der Waals surface area contributed by atoms with Crippen LogP contribution >= 0.6 is 0 Å². The van der Waals surface area contributed by atoms with E-state index >= 15 is 0 Å². The Hall–Kier alpha value is -0.860. The fourth-order valence-corrected chi connectivity index (χ4v) is 1.27. The molecule has 0 saturated carbocycles. The molecule has 1 rings (SSSR count). The minimum atomic E-state index is 0.499. The number of unbranched alkanes of at least 4 members (excludes halogenated alkanes) is 2. The summed E-state index contributed by atoms with van der Waals surface area (Å²) in [6.07, 6.45) is 8.48. The van der Waals surface area contributed by atoms with Gasteiger partial charge in [0.05, 0.1) is 6.04 Å². The Morgan fingerprint density at radius 1 is 1.42 bits per heavy atom. The first-order chi connectivity index (χ1) is 5.84. The maximum atomic E-state index is 4.10. The molecule has 1 aromatic rings. The van der Waals surface area contributed by atoms with Crippen LogP contribution in [0.1, 0.15) is 45.6 Å². The molecule has 0 N–H and O–H groups in total. The molecule has 1 unspecified atom stereocenters. The molecular formula is C9H17N3. The largest absolute Gasteiger partial charge is 0.250 e. The Bertz CT molecular complexity index is 194. The highest BCUT2D eigenvalue weighted by atomic mass is 15.3. The normalized spacial score (nSPS) is 13.2. The molecule has 0 amide bonds.